The molecule has 5 nitrogen and oxygen atoms in total. The van der Waals surface area contributed by atoms with Crippen LogP contribution in [-0.2, 0) is 14.8 Å². The number of benzene rings is 1. The molecule has 0 aliphatic carbocycles. The van der Waals surface area contributed by atoms with Gasteiger partial charge in [0.1, 0.15) is 22.6 Å². The van der Waals surface area contributed by atoms with Gasteiger partial charge in [-0.2, -0.15) is 4.31 Å². The molecule has 8 heteroatoms. The summed E-state index contributed by atoms with van der Waals surface area (Å²) in [4.78, 5) is 11.1. The molecule has 1 amide bonds. The molecule has 1 fully saturated rings. The highest BCUT2D eigenvalue weighted by molar-refractivity contribution is 7.89. The summed E-state index contributed by atoms with van der Waals surface area (Å²) in [7, 11) is -2.75. The molecule has 1 atom stereocenters. The number of hydrogen-bond acceptors (Lipinski definition) is 3. The van der Waals surface area contributed by atoms with Gasteiger partial charge in [0.2, 0.25) is 15.9 Å². The predicted molar refractivity (Wildman–Crippen MR) is 67.3 cm³/mol. The van der Waals surface area contributed by atoms with E-state index in [4.69, 9.17) is 0 Å². The Morgan fingerprint density at radius 2 is 2.10 bits per heavy atom. The number of amides is 1. The van der Waals surface area contributed by atoms with Gasteiger partial charge in [-0.25, -0.2) is 17.2 Å². The van der Waals surface area contributed by atoms with Crippen LogP contribution in [-0.4, -0.2) is 38.3 Å². The average molecular weight is 304 g/mol. The Labute approximate surface area is 115 Å². The molecule has 1 heterocycles. The molecule has 1 unspecified atom stereocenters. The summed E-state index contributed by atoms with van der Waals surface area (Å²) in [6.07, 6.45) is 0.891. The first kappa shape index (κ1) is 14.9. The summed E-state index contributed by atoms with van der Waals surface area (Å²) in [5, 5.41) is 2.39. The topological polar surface area (TPSA) is 66.5 Å². The van der Waals surface area contributed by atoms with E-state index in [-0.39, 0.29) is 6.54 Å². The second-order valence-corrected chi connectivity index (χ2v) is 6.32. The number of carbonyl (C=O) groups excluding carboxylic acids is 1. The molecule has 1 aliphatic heterocycles. The van der Waals surface area contributed by atoms with Crippen LogP contribution in [0.15, 0.2) is 23.1 Å². The Balaban J connectivity index is 2.41. The number of rotatable bonds is 3. The first-order chi connectivity index (χ1) is 9.37. The van der Waals surface area contributed by atoms with E-state index in [1.165, 1.54) is 7.05 Å². The van der Waals surface area contributed by atoms with Crippen LogP contribution in [0.4, 0.5) is 8.78 Å². The van der Waals surface area contributed by atoms with Gasteiger partial charge in [0.25, 0.3) is 0 Å². The van der Waals surface area contributed by atoms with Crippen molar-refractivity contribution in [3.05, 3.63) is 29.8 Å². The predicted octanol–water partition coefficient (Wildman–Crippen LogP) is 0.864. The summed E-state index contributed by atoms with van der Waals surface area (Å²) >= 11 is 0. The molecule has 1 aromatic carbocycles. The molecule has 20 heavy (non-hydrogen) atoms. The van der Waals surface area contributed by atoms with Gasteiger partial charge in [-0.3, -0.25) is 4.79 Å². The maximum atomic E-state index is 13.7. The largest absolute Gasteiger partial charge is 0.358 e. The molecule has 0 radical (unpaired) electrons. The monoisotopic (exact) mass is 304 g/mol. The maximum absolute atomic E-state index is 13.7. The van der Waals surface area contributed by atoms with Crippen molar-refractivity contribution < 1.29 is 22.0 Å². The number of halogens is 2. The summed E-state index contributed by atoms with van der Waals surface area (Å²) in [5.41, 5.74) is 0. The molecular weight excluding hydrogens is 290 g/mol. The number of likely N-dealkylation sites (N-methyl/N-ethyl adjacent to an activating group) is 1. The van der Waals surface area contributed by atoms with Crippen LogP contribution in [0.1, 0.15) is 12.8 Å². The fourth-order valence-corrected chi connectivity index (χ4v) is 3.97. The number of hydrogen-bond donors (Lipinski definition) is 1. The van der Waals surface area contributed by atoms with Gasteiger partial charge in [0.05, 0.1) is 0 Å². The average Bonchev–Trinajstić information content (AvgIpc) is 2.87. The van der Waals surface area contributed by atoms with Crippen LogP contribution in [0.3, 0.4) is 0 Å². The minimum absolute atomic E-state index is 0.136. The second kappa shape index (κ2) is 5.45. The standard InChI is InChI=1S/C12H14F2N2O3S/c1-15-12(17)10-3-2-6-16(10)20(18,19)11-5-4-8(13)7-9(11)14/h4-5,7,10H,2-3,6H2,1H3,(H,15,17). The Kier molecular flexibility index (Phi) is 4.05. The number of carbonyl (C=O) groups is 1. The summed E-state index contributed by atoms with van der Waals surface area (Å²) in [6.45, 7) is 0.136. The molecule has 1 N–H and O–H groups in total. The normalized spacial score (nSPS) is 20.1. The van der Waals surface area contributed by atoms with E-state index in [9.17, 15) is 22.0 Å². The van der Waals surface area contributed by atoms with Gasteiger partial charge in [-0.1, -0.05) is 0 Å². The van der Waals surface area contributed by atoms with Crippen molar-refractivity contribution in [1.29, 1.82) is 0 Å². The lowest BCUT2D eigenvalue weighted by molar-refractivity contribution is -0.123. The molecule has 0 saturated carbocycles. The highest BCUT2D eigenvalue weighted by atomic mass is 32.2. The number of sulfonamides is 1. The third-order valence-electron chi connectivity index (χ3n) is 3.23. The summed E-state index contributed by atoms with van der Waals surface area (Å²) < 4.78 is 52.2. The van der Waals surface area contributed by atoms with Crippen molar-refractivity contribution in [1.82, 2.24) is 9.62 Å². The van der Waals surface area contributed by atoms with Gasteiger partial charge >= 0.3 is 0 Å². The van der Waals surface area contributed by atoms with Gasteiger partial charge in [0, 0.05) is 19.7 Å². The zero-order valence-electron chi connectivity index (χ0n) is 10.8. The minimum Gasteiger partial charge on any atom is -0.358 e. The first-order valence-electron chi connectivity index (χ1n) is 6.06. The van der Waals surface area contributed by atoms with Crippen molar-refractivity contribution in [2.45, 2.75) is 23.8 Å². The third kappa shape index (κ3) is 2.53. The van der Waals surface area contributed by atoms with E-state index in [1.807, 2.05) is 0 Å². The molecule has 110 valence electrons. The fourth-order valence-electron chi connectivity index (χ4n) is 2.27. The van der Waals surface area contributed by atoms with Crippen molar-refractivity contribution in [2.75, 3.05) is 13.6 Å². The summed E-state index contributed by atoms with van der Waals surface area (Å²) in [5.74, 6) is -2.45. The maximum Gasteiger partial charge on any atom is 0.246 e. The van der Waals surface area contributed by atoms with Crippen LogP contribution < -0.4 is 5.32 Å². The quantitative estimate of drug-likeness (QED) is 0.901. The van der Waals surface area contributed by atoms with Crippen LogP contribution in [0, 0.1) is 11.6 Å². The first-order valence-corrected chi connectivity index (χ1v) is 7.50. The molecule has 1 aromatic rings. The number of nitrogens with zero attached hydrogens (tertiary/aromatic N) is 1. The molecule has 2 rings (SSSR count). The van der Waals surface area contributed by atoms with Gasteiger partial charge < -0.3 is 5.32 Å². The molecule has 0 aromatic heterocycles. The fraction of sp³-hybridized carbons (Fsp3) is 0.417. The Bertz CT molecular complexity index is 634. The smallest absolute Gasteiger partial charge is 0.246 e. The van der Waals surface area contributed by atoms with E-state index in [2.05, 4.69) is 5.32 Å². The van der Waals surface area contributed by atoms with Crippen molar-refractivity contribution in [3.63, 3.8) is 0 Å². The van der Waals surface area contributed by atoms with Gasteiger partial charge in [0.15, 0.2) is 0 Å². The van der Waals surface area contributed by atoms with Crippen LogP contribution in [0.2, 0.25) is 0 Å². The van der Waals surface area contributed by atoms with Gasteiger partial charge in [-0.15, -0.1) is 0 Å². The number of nitrogens with one attached hydrogen (secondary N) is 1. The SMILES string of the molecule is CNC(=O)C1CCCN1S(=O)(=O)c1ccc(F)cc1F. The van der Waals surface area contributed by atoms with E-state index in [0.717, 1.165) is 16.4 Å². The van der Waals surface area contributed by atoms with Crippen molar-refractivity contribution >= 4 is 15.9 Å². The van der Waals surface area contributed by atoms with Crippen molar-refractivity contribution in [3.8, 4) is 0 Å². The van der Waals surface area contributed by atoms with E-state index < -0.39 is 38.5 Å². The lowest BCUT2D eigenvalue weighted by Crippen LogP contribution is -2.45. The third-order valence-corrected chi connectivity index (χ3v) is 5.17. The molecular formula is C12H14F2N2O3S. The molecule has 1 saturated heterocycles. The lowest BCUT2D eigenvalue weighted by atomic mass is 10.2. The molecule has 0 bridgehead atoms. The van der Waals surface area contributed by atoms with E-state index >= 15 is 0 Å². The van der Waals surface area contributed by atoms with Crippen LogP contribution >= 0.6 is 0 Å². The minimum atomic E-state index is -4.16. The highest BCUT2D eigenvalue weighted by Crippen LogP contribution is 2.27. The van der Waals surface area contributed by atoms with Crippen LogP contribution in [0.25, 0.3) is 0 Å². The van der Waals surface area contributed by atoms with Crippen molar-refractivity contribution in [2.24, 2.45) is 0 Å². The van der Waals surface area contributed by atoms with E-state index in [0.29, 0.717) is 18.9 Å². The zero-order chi connectivity index (χ0) is 14.9. The Morgan fingerprint density at radius 1 is 1.40 bits per heavy atom. The van der Waals surface area contributed by atoms with E-state index in [1.54, 1.807) is 0 Å². The summed E-state index contributed by atoms with van der Waals surface area (Å²) in [6, 6.07) is 1.41. The van der Waals surface area contributed by atoms with Gasteiger partial charge in [-0.05, 0) is 25.0 Å². The zero-order valence-corrected chi connectivity index (χ0v) is 11.6. The lowest BCUT2D eigenvalue weighted by Gasteiger charge is -2.22. The highest BCUT2D eigenvalue weighted by Gasteiger charge is 2.40. The molecule has 0 spiro atoms. The Morgan fingerprint density at radius 3 is 2.70 bits per heavy atom. The Hall–Kier alpha value is -1.54. The second-order valence-electron chi connectivity index (χ2n) is 4.46. The molecule has 1 aliphatic rings. The van der Waals surface area contributed by atoms with Crippen LogP contribution in [0.5, 0.6) is 0 Å².